The van der Waals surface area contributed by atoms with Crippen LogP contribution < -0.4 is 11.3 Å². The normalized spacial score (nSPS) is 24.5. The maximum Gasteiger partial charge on any atom is 0.490 e. The highest BCUT2D eigenvalue weighted by Crippen LogP contribution is 2.70. The number of H-pyrrole nitrogens is 1. The number of aromatic amines is 1. The largest absolute Gasteiger partial charge is 0.490 e. The molecule has 1 aliphatic heterocycles. The first kappa shape index (κ1) is 27.3. The molecule has 0 aliphatic carbocycles. The number of ether oxygens (including phenoxy) is 1. The maximum absolute atomic E-state index is 11.9. The molecule has 1 saturated heterocycles. The predicted molar refractivity (Wildman–Crippen MR) is 106 cm³/mol. The van der Waals surface area contributed by atoms with Crippen LogP contribution in [0.1, 0.15) is 19.1 Å². The monoisotopic (exact) mass is 571 g/mol. The molecule has 192 valence electrons. The van der Waals surface area contributed by atoms with Gasteiger partial charge in [-0.05, 0) is 12.8 Å². The first-order valence-corrected chi connectivity index (χ1v) is 14.7. The van der Waals surface area contributed by atoms with Crippen LogP contribution in [0.2, 0.25) is 0 Å². The molecular formula is C10H17N5O15P4. The second-order valence-corrected chi connectivity index (χ2v) is 12.5. The van der Waals surface area contributed by atoms with Gasteiger partial charge in [0.25, 0.3) is 5.56 Å². The molecule has 1 fully saturated rings. The second-order valence-electron chi connectivity index (χ2n) is 6.50. The number of hydrogen-bond donors (Lipinski definition) is 7. The molecule has 5 atom stereocenters. The molecule has 0 saturated carbocycles. The van der Waals surface area contributed by atoms with E-state index in [1.165, 1.54) is 10.9 Å². The zero-order valence-corrected chi connectivity index (χ0v) is 20.0. The van der Waals surface area contributed by atoms with Gasteiger partial charge in [0.15, 0.2) is 11.2 Å². The average Bonchev–Trinajstić information content (AvgIpc) is 3.22. The van der Waals surface area contributed by atoms with Crippen LogP contribution in [0.3, 0.4) is 0 Å². The van der Waals surface area contributed by atoms with Gasteiger partial charge in [0, 0.05) is 0 Å². The van der Waals surface area contributed by atoms with Crippen molar-refractivity contribution in [2.24, 2.45) is 0 Å². The number of hydrogen-bond acceptors (Lipinski definition) is 13. The first-order valence-electron chi connectivity index (χ1n) is 8.65. The molecule has 3 unspecified atom stereocenters. The summed E-state index contributed by atoms with van der Waals surface area (Å²) in [6.45, 7) is -0.678. The van der Waals surface area contributed by atoms with E-state index in [0.29, 0.717) is 6.42 Å². The van der Waals surface area contributed by atoms with E-state index >= 15 is 0 Å². The van der Waals surface area contributed by atoms with Crippen LogP contribution in [0, 0.1) is 0 Å². The van der Waals surface area contributed by atoms with Gasteiger partial charge in [0.05, 0.1) is 19.0 Å². The SMILES string of the molecule is Nc1nc2c(ncn2[C@H]2CC[C@@H](COP(=O)(O)OP(=O)(O)OP(=O)(O)OP(=O)(O)O)O2)c(=O)[nH]1. The van der Waals surface area contributed by atoms with Crippen LogP contribution in [-0.4, -0.2) is 56.7 Å². The summed E-state index contributed by atoms with van der Waals surface area (Å²) in [4.78, 5) is 66.9. The first-order chi connectivity index (χ1) is 15.5. The lowest BCUT2D eigenvalue weighted by molar-refractivity contribution is -0.0205. The molecular weight excluding hydrogens is 554 g/mol. The highest BCUT2D eigenvalue weighted by Gasteiger charge is 2.45. The van der Waals surface area contributed by atoms with Crippen molar-refractivity contribution in [1.29, 1.82) is 0 Å². The number of rotatable bonds is 10. The molecule has 3 rings (SSSR count). The number of nitrogens with one attached hydrogen (secondary N) is 1. The van der Waals surface area contributed by atoms with E-state index in [1.807, 2.05) is 0 Å². The number of nitrogens with zero attached hydrogens (tertiary/aromatic N) is 3. The van der Waals surface area contributed by atoms with E-state index in [4.69, 9.17) is 25.2 Å². The van der Waals surface area contributed by atoms with Crippen LogP contribution in [-0.2, 0) is 40.5 Å². The predicted octanol–water partition coefficient (Wildman–Crippen LogP) is -0.160. The summed E-state index contributed by atoms with van der Waals surface area (Å²) in [5.41, 5.74) is 5.05. The summed E-state index contributed by atoms with van der Waals surface area (Å²) in [5.74, 6) is -0.162. The third kappa shape index (κ3) is 7.34. The van der Waals surface area contributed by atoms with E-state index in [1.54, 1.807) is 0 Å². The number of imidazole rings is 1. The molecule has 0 aromatic carbocycles. The van der Waals surface area contributed by atoms with Crippen LogP contribution in [0.25, 0.3) is 11.2 Å². The van der Waals surface area contributed by atoms with Gasteiger partial charge >= 0.3 is 31.3 Å². The molecule has 0 spiro atoms. The van der Waals surface area contributed by atoms with Crippen molar-refractivity contribution in [3.63, 3.8) is 0 Å². The summed E-state index contributed by atoms with van der Waals surface area (Å²) >= 11 is 0. The summed E-state index contributed by atoms with van der Waals surface area (Å²) in [6.07, 6.45) is 0.208. The quantitative estimate of drug-likeness (QED) is 0.182. The Labute approximate surface area is 187 Å². The minimum atomic E-state index is -5.90. The smallest absolute Gasteiger partial charge is 0.369 e. The summed E-state index contributed by atoms with van der Waals surface area (Å²) in [6, 6.07) is 0. The zero-order chi connectivity index (χ0) is 25.5. The Balaban J connectivity index is 1.59. The lowest BCUT2D eigenvalue weighted by atomic mass is 10.2. The Kier molecular flexibility index (Phi) is 7.71. The van der Waals surface area contributed by atoms with Gasteiger partial charge in [0.2, 0.25) is 5.95 Å². The highest BCUT2D eigenvalue weighted by molar-refractivity contribution is 7.69. The fourth-order valence-corrected chi connectivity index (χ4v) is 7.27. The van der Waals surface area contributed by atoms with Gasteiger partial charge < -0.3 is 34.9 Å². The number of anilines is 1. The minimum absolute atomic E-state index is 0.00615. The van der Waals surface area contributed by atoms with Gasteiger partial charge in [-0.15, -0.1) is 0 Å². The molecule has 0 bridgehead atoms. The Morgan fingerprint density at radius 2 is 1.68 bits per heavy atom. The average molecular weight is 571 g/mol. The summed E-state index contributed by atoms with van der Waals surface area (Å²) in [5, 5.41) is 0. The Hall–Kier alpha value is -1.33. The fourth-order valence-electron chi connectivity index (χ4n) is 2.79. The van der Waals surface area contributed by atoms with Crippen molar-refractivity contribution in [3.05, 3.63) is 16.7 Å². The van der Waals surface area contributed by atoms with Crippen molar-refractivity contribution >= 4 is 48.4 Å². The number of phosphoric acid groups is 4. The van der Waals surface area contributed by atoms with Gasteiger partial charge in [0.1, 0.15) is 6.23 Å². The summed E-state index contributed by atoms with van der Waals surface area (Å²) < 4.78 is 67.6. The molecule has 2 aromatic heterocycles. The molecule has 0 amide bonds. The number of fused-ring (bicyclic) bond motifs is 1. The highest BCUT2D eigenvalue weighted by atomic mass is 31.3. The third-order valence-electron chi connectivity index (χ3n) is 3.89. The summed E-state index contributed by atoms with van der Waals surface area (Å²) in [7, 11) is -22.9. The molecule has 34 heavy (non-hydrogen) atoms. The minimum Gasteiger partial charge on any atom is -0.369 e. The fraction of sp³-hybridized carbons (Fsp3) is 0.500. The molecule has 8 N–H and O–H groups in total. The molecule has 20 nitrogen and oxygen atoms in total. The number of nitrogen functional groups attached to an aromatic ring is 1. The van der Waals surface area contributed by atoms with Crippen LogP contribution in [0.4, 0.5) is 5.95 Å². The Morgan fingerprint density at radius 1 is 1.06 bits per heavy atom. The van der Waals surface area contributed by atoms with Crippen molar-refractivity contribution in [2.75, 3.05) is 12.3 Å². The second kappa shape index (κ2) is 9.61. The number of phosphoric ester groups is 1. The number of nitrogens with two attached hydrogens (primary N) is 1. The van der Waals surface area contributed by atoms with E-state index in [-0.39, 0.29) is 23.5 Å². The van der Waals surface area contributed by atoms with E-state index < -0.39 is 55.8 Å². The standard InChI is InChI=1S/C10H17N5O15P4/c11-10-13-8-7(9(16)14-10)12-4-15(8)6-2-1-5(27-6)3-26-32(20,21)29-34(24,25)30-33(22,23)28-31(17,18)19/h4-6H,1-3H2,(H,20,21)(H,22,23)(H,24,25)(H2,17,18,19)(H3,11,13,14,16)/t5-,6+/m0/s1. The van der Waals surface area contributed by atoms with Crippen molar-refractivity contribution in [2.45, 2.75) is 25.2 Å². The maximum atomic E-state index is 11.9. The van der Waals surface area contributed by atoms with Crippen molar-refractivity contribution in [3.8, 4) is 0 Å². The number of aromatic nitrogens is 4. The van der Waals surface area contributed by atoms with Crippen LogP contribution in [0.5, 0.6) is 0 Å². The van der Waals surface area contributed by atoms with Gasteiger partial charge in [-0.2, -0.15) is 17.9 Å². The van der Waals surface area contributed by atoms with E-state index in [9.17, 15) is 32.8 Å². The van der Waals surface area contributed by atoms with Gasteiger partial charge in [-0.1, -0.05) is 0 Å². The lowest BCUT2D eigenvalue weighted by Crippen LogP contribution is -2.17. The topological polar surface area (TPSA) is 305 Å². The Morgan fingerprint density at radius 3 is 2.32 bits per heavy atom. The molecule has 0 radical (unpaired) electrons. The van der Waals surface area contributed by atoms with Crippen LogP contribution in [0.15, 0.2) is 11.1 Å². The van der Waals surface area contributed by atoms with Crippen molar-refractivity contribution in [1.82, 2.24) is 19.5 Å². The van der Waals surface area contributed by atoms with E-state index in [2.05, 4.69) is 32.4 Å². The van der Waals surface area contributed by atoms with Gasteiger partial charge in [-0.3, -0.25) is 18.9 Å². The third-order valence-corrected chi connectivity index (χ3v) is 9.35. The lowest BCUT2D eigenvalue weighted by Gasteiger charge is -2.19. The molecule has 2 aromatic rings. The molecule has 24 heteroatoms. The van der Waals surface area contributed by atoms with Crippen LogP contribution >= 0.6 is 31.3 Å². The Bertz CT molecular complexity index is 1320. The van der Waals surface area contributed by atoms with Gasteiger partial charge in [-0.25, -0.2) is 23.2 Å². The molecule has 1 aliphatic rings. The van der Waals surface area contributed by atoms with E-state index in [0.717, 1.165) is 0 Å². The van der Waals surface area contributed by atoms with Crippen molar-refractivity contribution < 1.29 is 64.9 Å². The zero-order valence-electron chi connectivity index (χ0n) is 16.4. The molecule has 3 heterocycles.